The molecule has 0 bridgehead atoms. The summed E-state index contributed by atoms with van der Waals surface area (Å²) in [6, 6.07) is 11.6. The van der Waals surface area contributed by atoms with E-state index in [4.69, 9.17) is 25.8 Å². The van der Waals surface area contributed by atoms with Crippen molar-refractivity contribution in [3.63, 3.8) is 0 Å². The summed E-state index contributed by atoms with van der Waals surface area (Å²) in [5.41, 5.74) is 2.10. The molecule has 0 amide bonds. The topological polar surface area (TPSA) is 68.7 Å². The second kappa shape index (κ2) is 11.7. The summed E-state index contributed by atoms with van der Waals surface area (Å²) in [5, 5.41) is 12.1. The van der Waals surface area contributed by atoms with Crippen molar-refractivity contribution < 1.29 is 18.6 Å². The smallest absolute Gasteiger partial charge is 0.257 e. The van der Waals surface area contributed by atoms with E-state index in [0.29, 0.717) is 46.9 Å². The van der Waals surface area contributed by atoms with Crippen LogP contribution in [-0.2, 0) is 6.54 Å². The average Bonchev–Trinajstić information content (AvgIpc) is 2.82. The first-order chi connectivity index (χ1) is 15.9. The van der Waals surface area contributed by atoms with Crippen LogP contribution in [0.4, 0.5) is 10.1 Å². The van der Waals surface area contributed by atoms with Crippen LogP contribution in [0.5, 0.6) is 17.4 Å². The van der Waals surface area contributed by atoms with Crippen LogP contribution in [-0.4, -0.2) is 56.6 Å². The summed E-state index contributed by atoms with van der Waals surface area (Å²) in [5.74, 6) is 1.28. The monoisotopic (exact) mass is 474 g/mol. The van der Waals surface area contributed by atoms with E-state index < -0.39 is 5.82 Å². The minimum absolute atomic E-state index is 0.263. The number of hydrogen-bond acceptors (Lipinski definition) is 7. The Bertz CT molecular complexity index is 1080. The molecule has 0 atom stereocenters. The van der Waals surface area contributed by atoms with Gasteiger partial charge in [-0.3, -0.25) is 0 Å². The van der Waals surface area contributed by atoms with Crippen molar-refractivity contribution in [2.45, 2.75) is 13.0 Å². The molecule has 0 aliphatic heterocycles. The quantitative estimate of drug-likeness (QED) is 0.396. The number of aromatic nitrogens is 2. The zero-order chi connectivity index (χ0) is 23.8. The van der Waals surface area contributed by atoms with E-state index in [-0.39, 0.29) is 5.56 Å². The van der Waals surface area contributed by atoms with Crippen molar-refractivity contribution in [1.82, 2.24) is 15.1 Å². The minimum Gasteiger partial charge on any atom is -0.497 e. The molecular formula is C24H28ClFN4O3. The van der Waals surface area contributed by atoms with Crippen LogP contribution in [0, 0.1) is 5.82 Å². The Morgan fingerprint density at radius 1 is 1.03 bits per heavy atom. The number of nitrogens with zero attached hydrogens (tertiary/aromatic N) is 3. The van der Waals surface area contributed by atoms with Gasteiger partial charge in [0.25, 0.3) is 5.88 Å². The molecule has 0 unspecified atom stereocenters. The standard InChI is InChI=1S/C24H28ClFN4O3/c1-30(2)10-5-11-33-24-22(27-15-16-6-8-18(31-3)13-23(16)32-4)14-21(28-29-24)19-12-17(25)7-9-20(19)26/h6-9,12-14H,5,10-11,15H2,1-4H3,(H,27,28). The van der Waals surface area contributed by atoms with Crippen LogP contribution in [0.2, 0.25) is 5.02 Å². The number of anilines is 1. The lowest BCUT2D eigenvalue weighted by molar-refractivity contribution is 0.272. The predicted octanol–water partition coefficient (Wildman–Crippen LogP) is 4.90. The fraction of sp³-hybridized carbons (Fsp3) is 0.333. The SMILES string of the molecule is COc1ccc(CNc2cc(-c3cc(Cl)ccc3F)nnc2OCCCN(C)C)c(OC)c1. The Morgan fingerprint density at radius 2 is 1.85 bits per heavy atom. The van der Waals surface area contributed by atoms with Gasteiger partial charge in [0.15, 0.2) is 0 Å². The highest BCUT2D eigenvalue weighted by Gasteiger charge is 2.15. The summed E-state index contributed by atoms with van der Waals surface area (Å²) in [6.07, 6.45) is 0.824. The van der Waals surface area contributed by atoms with Gasteiger partial charge in [0.05, 0.1) is 26.5 Å². The maximum absolute atomic E-state index is 14.4. The molecule has 0 spiro atoms. The van der Waals surface area contributed by atoms with Crippen LogP contribution in [0.3, 0.4) is 0 Å². The van der Waals surface area contributed by atoms with Gasteiger partial charge >= 0.3 is 0 Å². The molecule has 3 aromatic rings. The molecule has 7 nitrogen and oxygen atoms in total. The van der Waals surface area contributed by atoms with Crippen LogP contribution in [0.15, 0.2) is 42.5 Å². The lowest BCUT2D eigenvalue weighted by Crippen LogP contribution is -2.16. The number of methoxy groups -OCH3 is 2. The third kappa shape index (κ3) is 6.69. The second-order valence-corrected chi connectivity index (χ2v) is 8.05. The molecule has 9 heteroatoms. The molecule has 0 aliphatic rings. The third-order valence-electron chi connectivity index (χ3n) is 4.92. The molecule has 1 heterocycles. The van der Waals surface area contributed by atoms with Crippen LogP contribution in [0.1, 0.15) is 12.0 Å². The van der Waals surface area contributed by atoms with Crippen molar-refractivity contribution >= 4 is 17.3 Å². The van der Waals surface area contributed by atoms with Crippen LogP contribution in [0.25, 0.3) is 11.3 Å². The first-order valence-corrected chi connectivity index (χ1v) is 10.8. The van der Waals surface area contributed by atoms with Gasteiger partial charge in [0, 0.05) is 35.3 Å². The molecule has 176 valence electrons. The minimum atomic E-state index is -0.434. The molecule has 33 heavy (non-hydrogen) atoms. The number of nitrogens with one attached hydrogen (secondary N) is 1. The highest BCUT2D eigenvalue weighted by Crippen LogP contribution is 2.31. The summed E-state index contributed by atoms with van der Waals surface area (Å²) in [6.45, 7) is 1.77. The van der Waals surface area contributed by atoms with E-state index in [1.54, 1.807) is 20.3 Å². The lowest BCUT2D eigenvalue weighted by Gasteiger charge is -2.16. The predicted molar refractivity (Wildman–Crippen MR) is 128 cm³/mol. The first-order valence-electron chi connectivity index (χ1n) is 10.5. The summed E-state index contributed by atoms with van der Waals surface area (Å²) < 4.78 is 31.0. The van der Waals surface area contributed by atoms with Gasteiger partial charge in [-0.2, -0.15) is 0 Å². The Morgan fingerprint density at radius 3 is 2.58 bits per heavy atom. The van der Waals surface area contributed by atoms with Crippen molar-refractivity contribution in [3.05, 3.63) is 58.9 Å². The van der Waals surface area contributed by atoms with E-state index in [2.05, 4.69) is 20.4 Å². The largest absolute Gasteiger partial charge is 0.497 e. The molecule has 0 aliphatic carbocycles. The number of benzene rings is 2. The van der Waals surface area contributed by atoms with Gasteiger partial charge in [-0.25, -0.2) is 4.39 Å². The average molecular weight is 475 g/mol. The molecule has 1 N–H and O–H groups in total. The highest BCUT2D eigenvalue weighted by atomic mass is 35.5. The molecule has 2 aromatic carbocycles. The van der Waals surface area contributed by atoms with Crippen molar-refractivity contribution in [2.24, 2.45) is 0 Å². The van der Waals surface area contributed by atoms with Gasteiger partial charge in [-0.15, -0.1) is 10.2 Å². The van der Waals surface area contributed by atoms with Crippen molar-refractivity contribution in [1.29, 1.82) is 0 Å². The Balaban J connectivity index is 1.87. The number of halogens is 2. The second-order valence-electron chi connectivity index (χ2n) is 7.61. The van der Waals surface area contributed by atoms with Crippen molar-refractivity contribution in [3.8, 4) is 28.6 Å². The molecule has 3 rings (SSSR count). The van der Waals surface area contributed by atoms with E-state index in [0.717, 1.165) is 18.5 Å². The summed E-state index contributed by atoms with van der Waals surface area (Å²) >= 11 is 6.06. The first kappa shape index (κ1) is 24.5. The Hall–Kier alpha value is -3.10. The van der Waals surface area contributed by atoms with Gasteiger partial charge in [-0.05, 0) is 56.9 Å². The zero-order valence-corrected chi connectivity index (χ0v) is 19.9. The summed E-state index contributed by atoms with van der Waals surface area (Å²) in [4.78, 5) is 2.08. The van der Waals surface area contributed by atoms with Crippen LogP contribution < -0.4 is 19.5 Å². The van der Waals surface area contributed by atoms with Gasteiger partial charge in [0.2, 0.25) is 0 Å². The Labute approximate surface area is 198 Å². The van der Waals surface area contributed by atoms with Gasteiger partial charge < -0.3 is 24.4 Å². The maximum Gasteiger partial charge on any atom is 0.257 e. The molecule has 0 saturated heterocycles. The van der Waals surface area contributed by atoms with Crippen LogP contribution >= 0.6 is 11.6 Å². The fourth-order valence-electron chi connectivity index (χ4n) is 3.18. The van der Waals surface area contributed by atoms with Gasteiger partial charge in [-0.1, -0.05) is 11.6 Å². The van der Waals surface area contributed by atoms with E-state index in [1.165, 1.54) is 18.2 Å². The number of hydrogen-bond donors (Lipinski definition) is 1. The fourth-order valence-corrected chi connectivity index (χ4v) is 3.35. The molecule has 1 aromatic heterocycles. The zero-order valence-electron chi connectivity index (χ0n) is 19.2. The van der Waals surface area contributed by atoms with E-state index >= 15 is 0 Å². The normalized spacial score (nSPS) is 10.9. The Kier molecular flexibility index (Phi) is 8.68. The maximum atomic E-state index is 14.4. The summed E-state index contributed by atoms with van der Waals surface area (Å²) in [7, 11) is 7.21. The third-order valence-corrected chi connectivity index (χ3v) is 5.15. The molecule has 0 saturated carbocycles. The van der Waals surface area contributed by atoms with Gasteiger partial charge in [0.1, 0.15) is 23.0 Å². The van der Waals surface area contributed by atoms with E-state index in [9.17, 15) is 4.39 Å². The lowest BCUT2D eigenvalue weighted by atomic mass is 10.1. The number of ether oxygens (including phenoxy) is 3. The van der Waals surface area contributed by atoms with E-state index in [1.807, 2.05) is 32.3 Å². The number of rotatable bonds is 11. The van der Waals surface area contributed by atoms with Crippen molar-refractivity contribution in [2.75, 3.05) is 46.8 Å². The molecular weight excluding hydrogens is 447 g/mol. The molecule has 0 fully saturated rings. The highest BCUT2D eigenvalue weighted by molar-refractivity contribution is 6.30. The molecule has 0 radical (unpaired) electrons.